The number of nitrogens with zero attached hydrogens (tertiary/aromatic N) is 5. The number of amides is 1. The molecular formula is C22H27N5O2. The Labute approximate surface area is 170 Å². The van der Waals surface area contributed by atoms with Gasteiger partial charge in [0.25, 0.3) is 0 Å². The van der Waals surface area contributed by atoms with E-state index in [9.17, 15) is 4.79 Å². The van der Waals surface area contributed by atoms with Crippen molar-refractivity contribution in [1.29, 1.82) is 0 Å². The van der Waals surface area contributed by atoms with Crippen LogP contribution in [0, 0.1) is 6.92 Å². The maximum Gasteiger partial charge on any atom is 0.244 e. The Morgan fingerprint density at radius 2 is 2.00 bits per heavy atom. The van der Waals surface area contributed by atoms with Crippen molar-refractivity contribution < 1.29 is 9.53 Å². The lowest BCUT2D eigenvalue weighted by Crippen LogP contribution is -2.41. The molecule has 1 atom stereocenters. The zero-order valence-electron chi connectivity index (χ0n) is 16.8. The minimum absolute atomic E-state index is 0.0878. The Kier molecular flexibility index (Phi) is 4.83. The van der Waals surface area contributed by atoms with E-state index < -0.39 is 0 Å². The summed E-state index contributed by atoms with van der Waals surface area (Å²) in [6.07, 6.45) is 5.82. The molecule has 2 aliphatic heterocycles. The second-order valence-corrected chi connectivity index (χ2v) is 8.07. The molecule has 0 radical (unpaired) electrons. The number of ether oxygens (including phenoxy) is 1. The summed E-state index contributed by atoms with van der Waals surface area (Å²) in [6, 6.07) is 10.6. The molecule has 2 aliphatic rings. The fraction of sp³-hybridized carbons (Fsp3) is 0.500. The average Bonchev–Trinajstić information content (AvgIpc) is 3.48. The first kappa shape index (κ1) is 18.4. The van der Waals surface area contributed by atoms with E-state index >= 15 is 0 Å². The number of hydrogen-bond acceptors (Lipinski definition) is 4. The van der Waals surface area contributed by atoms with E-state index in [1.54, 1.807) is 10.9 Å². The molecule has 0 saturated carbocycles. The number of imidazole rings is 1. The lowest BCUT2D eigenvalue weighted by Gasteiger charge is -2.34. The van der Waals surface area contributed by atoms with Crippen LogP contribution in [0.3, 0.4) is 0 Å². The lowest BCUT2D eigenvalue weighted by atomic mass is 10.0. The maximum atomic E-state index is 12.7. The van der Waals surface area contributed by atoms with Crippen LogP contribution >= 0.6 is 0 Å². The monoisotopic (exact) mass is 393 g/mol. The van der Waals surface area contributed by atoms with Gasteiger partial charge in [-0.05, 0) is 50.8 Å². The molecule has 4 heterocycles. The Bertz CT molecular complexity index is 1010. The molecule has 7 heteroatoms. The topological polar surface area (TPSA) is 65.2 Å². The van der Waals surface area contributed by atoms with Gasteiger partial charge in [0.2, 0.25) is 5.91 Å². The van der Waals surface area contributed by atoms with E-state index in [2.05, 4.69) is 27.9 Å². The van der Waals surface area contributed by atoms with Crippen molar-refractivity contribution in [1.82, 2.24) is 24.2 Å². The van der Waals surface area contributed by atoms with Gasteiger partial charge in [-0.1, -0.05) is 12.1 Å². The number of aromatic nitrogens is 4. The number of likely N-dealkylation sites (tertiary alicyclic amines) is 1. The fourth-order valence-electron chi connectivity index (χ4n) is 4.62. The normalized spacial score (nSPS) is 20.6. The highest BCUT2D eigenvalue weighted by molar-refractivity contribution is 5.77. The van der Waals surface area contributed by atoms with Crippen LogP contribution in [0.5, 0.6) is 0 Å². The van der Waals surface area contributed by atoms with Crippen LogP contribution in [0.25, 0.3) is 11.0 Å². The molecule has 0 spiro atoms. The summed E-state index contributed by atoms with van der Waals surface area (Å²) in [5.41, 5.74) is 3.22. The van der Waals surface area contributed by atoms with Crippen LogP contribution in [0.15, 0.2) is 36.5 Å². The molecule has 1 aromatic carbocycles. The van der Waals surface area contributed by atoms with Gasteiger partial charge in [-0.2, -0.15) is 5.10 Å². The summed E-state index contributed by atoms with van der Waals surface area (Å²) in [6.45, 7) is 4.64. The standard InChI is InChI=1S/C22H27N5O2/c1-16-8-11-23-26(16)15-21(28)25-12-9-17(10-13-25)27-19-6-3-2-5-18(19)24-22(27)20-7-4-14-29-20/h2-3,5-6,8,11,17,20H,4,7,9-10,12-15H2,1H3. The van der Waals surface area contributed by atoms with Crippen LogP contribution in [0.2, 0.25) is 0 Å². The van der Waals surface area contributed by atoms with Crippen molar-refractivity contribution >= 4 is 16.9 Å². The quantitative estimate of drug-likeness (QED) is 0.682. The first-order chi connectivity index (χ1) is 14.2. The molecule has 152 valence electrons. The molecule has 1 amide bonds. The summed E-state index contributed by atoms with van der Waals surface area (Å²) >= 11 is 0. The minimum Gasteiger partial charge on any atom is -0.370 e. The Hall–Kier alpha value is -2.67. The maximum absolute atomic E-state index is 12.7. The zero-order valence-corrected chi connectivity index (χ0v) is 16.8. The molecule has 0 bridgehead atoms. The molecule has 3 aromatic rings. The molecule has 5 rings (SSSR count). The van der Waals surface area contributed by atoms with Gasteiger partial charge in [0.15, 0.2) is 0 Å². The SMILES string of the molecule is Cc1ccnn1CC(=O)N1CCC(n2c(C3CCCO3)nc3ccccc32)CC1. The van der Waals surface area contributed by atoms with E-state index in [1.807, 2.05) is 24.0 Å². The van der Waals surface area contributed by atoms with Gasteiger partial charge in [0.05, 0.1) is 11.0 Å². The number of fused-ring (bicyclic) bond motifs is 1. The fourth-order valence-corrected chi connectivity index (χ4v) is 4.62. The van der Waals surface area contributed by atoms with Gasteiger partial charge >= 0.3 is 0 Å². The van der Waals surface area contributed by atoms with E-state index in [-0.39, 0.29) is 12.0 Å². The molecule has 2 fully saturated rings. The Morgan fingerprint density at radius 3 is 2.72 bits per heavy atom. The van der Waals surface area contributed by atoms with E-state index in [0.29, 0.717) is 12.6 Å². The average molecular weight is 393 g/mol. The van der Waals surface area contributed by atoms with Gasteiger partial charge in [-0.25, -0.2) is 4.98 Å². The van der Waals surface area contributed by atoms with Crippen molar-refractivity contribution in [2.24, 2.45) is 0 Å². The van der Waals surface area contributed by atoms with Crippen molar-refractivity contribution in [2.75, 3.05) is 19.7 Å². The number of aryl methyl sites for hydroxylation is 1. The third-order valence-corrected chi connectivity index (χ3v) is 6.24. The van der Waals surface area contributed by atoms with Gasteiger partial charge in [0, 0.05) is 37.6 Å². The van der Waals surface area contributed by atoms with Crippen molar-refractivity contribution in [3.8, 4) is 0 Å². The highest BCUT2D eigenvalue weighted by Crippen LogP contribution is 2.35. The third-order valence-electron chi connectivity index (χ3n) is 6.24. The number of hydrogen-bond donors (Lipinski definition) is 0. The van der Waals surface area contributed by atoms with Crippen molar-refractivity contribution in [2.45, 2.75) is 51.3 Å². The second kappa shape index (κ2) is 7.63. The molecule has 0 aliphatic carbocycles. The number of para-hydroxylation sites is 2. The summed E-state index contributed by atoms with van der Waals surface area (Å²) in [5.74, 6) is 1.20. The van der Waals surface area contributed by atoms with Crippen LogP contribution in [-0.4, -0.2) is 49.8 Å². The van der Waals surface area contributed by atoms with Gasteiger partial charge in [0.1, 0.15) is 18.5 Å². The third kappa shape index (κ3) is 3.44. The molecule has 2 saturated heterocycles. The molecule has 7 nitrogen and oxygen atoms in total. The summed E-state index contributed by atoms with van der Waals surface area (Å²) in [7, 11) is 0. The van der Waals surface area contributed by atoms with Gasteiger partial charge in [-0.15, -0.1) is 0 Å². The van der Waals surface area contributed by atoms with E-state index in [1.165, 1.54) is 5.52 Å². The second-order valence-electron chi connectivity index (χ2n) is 8.07. The van der Waals surface area contributed by atoms with Crippen LogP contribution < -0.4 is 0 Å². The molecule has 29 heavy (non-hydrogen) atoms. The van der Waals surface area contributed by atoms with E-state index in [4.69, 9.17) is 9.72 Å². The first-order valence-corrected chi connectivity index (χ1v) is 10.6. The Balaban J connectivity index is 1.34. The smallest absolute Gasteiger partial charge is 0.244 e. The van der Waals surface area contributed by atoms with Crippen molar-refractivity contribution in [3.63, 3.8) is 0 Å². The molecular weight excluding hydrogens is 366 g/mol. The number of benzene rings is 1. The van der Waals surface area contributed by atoms with Crippen LogP contribution in [0.1, 0.15) is 49.3 Å². The van der Waals surface area contributed by atoms with Crippen LogP contribution in [0.4, 0.5) is 0 Å². The lowest BCUT2D eigenvalue weighted by molar-refractivity contribution is -0.133. The van der Waals surface area contributed by atoms with Crippen LogP contribution in [-0.2, 0) is 16.1 Å². The predicted octanol–water partition coefficient (Wildman–Crippen LogP) is 3.26. The van der Waals surface area contributed by atoms with E-state index in [0.717, 1.165) is 62.4 Å². The molecule has 2 aromatic heterocycles. The summed E-state index contributed by atoms with van der Waals surface area (Å²) in [4.78, 5) is 19.6. The highest BCUT2D eigenvalue weighted by atomic mass is 16.5. The Morgan fingerprint density at radius 1 is 1.17 bits per heavy atom. The number of rotatable bonds is 4. The van der Waals surface area contributed by atoms with Gasteiger partial charge < -0.3 is 14.2 Å². The number of piperidine rings is 1. The summed E-state index contributed by atoms with van der Waals surface area (Å²) in [5, 5.41) is 4.24. The first-order valence-electron chi connectivity index (χ1n) is 10.6. The molecule has 1 unspecified atom stereocenters. The number of carbonyl (C=O) groups is 1. The predicted molar refractivity (Wildman–Crippen MR) is 109 cm³/mol. The zero-order chi connectivity index (χ0) is 19.8. The van der Waals surface area contributed by atoms with Crippen molar-refractivity contribution in [3.05, 3.63) is 48.0 Å². The highest BCUT2D eigenvalue weighted by Gasteiger charge is 2.30. The summed E-state index contributed by atoms with van der Waals surface area (Å²) < 4.78 is 10.1. The largest absolute Gasteiger partial charge is 0.370 e. The minimum atomic E-state index is 0.0878. The number of carbonyl (C=O) groups excluding carboxylic acids is 1. The van der Waals surface area contributed by atoms with Gasteiger partial charge in [-0.3, -0.25) is 9.48 Å². The molecule has 0 N–H and O–H groups in total.